The third kappa shape index (κ3) is 3.73. The quantitative estimate of drug-likeness (QED) is 0.699. The van der Waals surface area contributed by atoms with Gasteiger partial charge in [0.25, 0.3) is 0 Å². The van der Waals surface area contributed by atoms with Gasteiger partial charge in [-0.25, -0.2) is 9.69 Å². The van der Waals surface area contributed by atoms with Gasteiger partial charge in [0.2, 0.25) is 5.88 Å². The van der Waals surface area contributed by atoms with Gasteiger partial charge in [0.15, 0.2) is 5.69 Å². The lowest BCUT2D eigenvalue weighted by atomic mass is 10.1. The van der Waals surface area contributed by atoms with Crippen LogP contribution in [-0.2, 0) is 6.18 Å². The van der Waals surface area contributed by atoms with Gasteiger partial charge in [-0.2, -0.15) is 13.2 Å². The molecule has 10 heteroatoms. The number of alkyl halides is 3. The molecule has 3 aromatic rings. The highest BCUT2D eigenvalue weighted by molar-refractivity contribution is 6.01. The number of benzene rings is 1. The number of halogens is 3. The summed E-state index contributed by atoms with van der Waals surface area (Å²) in [4.78, 5) is 12.8. The molecule has 0 atom stereocenters. The van der Waals surface area contributed by atoms with E-state index in [0.29, 0.717) is 29.7 Å². The van der Waals surface area contributed by atoms with Crippen LogP contribution in [0.1, 0.15) is 12.6 Å². The van der Waals surface area contributed by atoms with Crippen molar-refractivity contribution in [2.45, 2.75) is 13.1 Å². The fourth-order valence-electron chi connectivity index (χ4n) is 2.45. The highest BCUT2D eigenvalue weighted by atomic mass is 19.4. The minimum atomic E-state index is -4.73. The molecular formula is C17H14F3N3O4. The standard InChI is InChI=1S/C17H14F3N3O4/c1-2-25-10-5-6-12(11(8-10)13-4-3-7-26-13)23(16(21)24)15-9-14(22-27-15)17(18,19)20/h3-9H,2H2,1H3,(H2,21,24). The number of hydrogen-bond donors (Lipinski definition) is 1. The van der Waals surface area contributed by atoms with Crippen molar-refractivity contribution in [2.75, 3.05) is 11.5 Å². The first kappa shape index (κ1) is 18.4. The number of nitrogens with two attached hydrogens (primary N) is 1. The van der Waals surface area contributed by atoms with Gasteiger partial charge in [-0.1, -0.05) is 5.16 Å². The van der Waals surface area contributed by atoms with E-state index in [1.165, 1.54) is 12.3 Å². The van der Waals surface area contributed by atoms with Gasteiger partial charge >= 0.3 is 12.2 Å². The Morgan fingerprint density at radius 3 is 2.63 bits per heavy atom. The van der Waals surface area contributed by atoms with Crippen LogP contribution in [0.2, 0.25) is 0 Å². The summed E-state index contributed by atoms with van der Waals surface area (Å²) in [5.74, 6) is 0.353. The van der Waals surface area contributed by atoms with Crippen molar-refractivity contribution in [3.63, 3.8) is 0 Å². The minimum absolute atomic E-state index is 0.144. The fourth-order valence-corrected chi connectivity index (χ4v) is 2.45. The van der Waals surface area contributed by atoms with Crippen molar-refractivity contribution in [3.8, 4) is 17.1 Å². The molecular weight excluding hydrogens is 367 g/mol. The van der Waals surface area contributed by atoms with Crippen molar-refractivity contribution in [1.82, 2.24) is 5.16 Å². The largest absolute Gasteiger partial charge is 0.494 e. The third-order valence-electron chi connectivity index (χ3n) is 3.54. The molecule has 0 saturated heterocycles. The Labute approximate surface area is 151 Å². The van der Waals surface area contributed by atoms with Crippen LogP contribution >= 0.6 is 0 Å². The number of carbonyl (C=O) groups is 1. The molecule has 27 heavy (non-hydrogen) atoms. The van der Waals surface area contributed by atoms with E-state index in [0.717, 1.165) is 4.90 Å². The number of hydrogen-bond acceptors (Lipinski definition) is 5. The average molecular weight is 381 g/mol. The highest BCUT2D eigenvalue weighted by Gasteiger charge is 2.36. The van der Waals surface area contributed by atoms with E-state index in [2.05, 4.69) is 5.16 Å². The smallest absolute Gasteiger partial charge is 0.436 e. The van der Waals surface area contributed by atoms with Gasteiger partial charge in [-0.3, -0.25) is 0 Å². The molecule has 0 fully saturated rings. The molecule has 1 aromatic carbocycles. The Morgan fingerprint density at radius 1 is 1.30 bits per heavy atom. The van der Waals surface area contributed by atoms with E-state index in [4.69, 9.17) is 19.4 Å². The van der Waals surface area contributed by atoms with Crippen LogP contribution in [0.4, 0.5) is 29.5 Å². The maximum atomic E-state index is 12.8. The second kappa shape index (κ2) is 7.06. The molecule has 2 N–H and O–H groups in total. The zero-order valence-corrected chi connectivity index (χ0v) is 14.0. The molecule has 0 spiro atoms. The van der Waals surface area contributed by atoms with Crippen LogP contribution < -0.4 is 15.4 Å². The van der Waals surface area contributed by atoms with Gasteiger partial charge < -0.3 is 19.4 Å². The number of urea groups is 1. The van der Waals surface area contributed by atoms with E-state index in [1.807, 2.05) is 0 Å². The monoisotopic (exact) mass is 381 g/mol. The Kier molecular flexibility index (Phi) is 4.80. The molecule has 0 saturated carbocycles. The van der Waals surface area contributed by atoms with Gasteiger partial charge in [0.1, 0.15) is 11.5 Å². The third-order valence-corrected chi connectivity index (χ3v) is 3.54. The van der Waals surface area contributed by atoms with Gasteiger partial charge in [-0.15, -0.1) is 0 Å². The summed E-state index contributed by atoms with van der Waals surface area (Å²) in [7, 11) is 0. The number of furan rings is 1. The molecule has 2 heterocycles. The summed E-state index contributed by atoms with van der Waals surface area (Å²) >= 11 is 0. The predicted octanol–water partition coefficient (Wildman–Crippen LogP) is 4.57. The Hall–Kier alpha value is -3.43. The molecule has 0 aliphatic rings. The van der Waals surface area contributed by atoms with Crippen LogP contribution in [0.15, 0.2) is 51.6 Å². The van der Waals surface area contributed by atoms with Crippen molar-refractivity contribution < 1.29 is 31.6 Å². The summed E-state index contributed by atoms with van der Waals surface area (Å²) < 4.78 is 54.0. The topological polar surface area (TPSA) is 94.7 Å². The van der Waals surface area contributed by atoms with Crippen LogP contribution in [0, 0.1) is 0 Å². The normalized spacial score (nSPS) is 11.4. The molecule has 142 valence electrons. The van der Waals surface area contributed by atoms with E-state index >= 15 is 0 Å². The number of rotatable bonds is 5. The van der Waals surface area contributed by atoms with E-state index in [9.17, 15) is 18.0 Å². The van der Waals surface area contributed by atoms with Crippen LogP contribution in [0.5, 0.6) is 5.75 Å². The fraction of sp³-hybridized carbons (Fsp3) is 0.176. The zero-order chi connectivity index (χ0) is 19.6. The maximum absolute atomic E-state index is 12.8. The molecule has 2 amide bonds. The average Bonchev–Trinajstić information content (AvgIpc) is 3.27. The Bertz CT molecular complexity index is 935. The summed E-state index contributed by atoms with van der Waals surface area (Å²) in [6.07, 6.45) is -3.31. The second-order valence-electron chi connectivity index (χ2n) is 5.31. The number of anilines is 2. The molecule has 7 nitrogen and oxygen atoms in total. The number of carbonyl (C=O) groups excluding carboxylic acids is 1. The number of ether oxygens (including phenoxy) is 1. The number of amides is 2. The Morgan fingerprint density at radius 2 is 2.07 bits per heavy atom. The molecule has 2 aromatic heterocycles. The van der Waals surface area contributed by atoms with Gasteiger partial charge in [0, 0.05) is 11.6 Å². The number of nitrogens with zero attached hydrogens (tertiary/aromatic N) is 2. The van der Waals surface area contributed by atoms with Gasteiger partial charge in [-0.05, 0) is 37.3 Å². The molecule has 0 aliphatic heterocycles. The minimum Gasteiger partial charge on any atom is -0.494 e. The second-order valence-corrected chi connectivity index (χ2v) is 5.31. The summed E-state index contributed by atoms with van der Waals surface area (Å²) in [6.45, 7) is 2.19. The van der Waals surface area contributed by atoms with Crippen molar-refractivity contribution >= 4 is 17.6 Å². The first-order valence-electron chi connectivity index (χ1n) is 7.75. The molecule has 3 rings (SSSR count). The summed E-state index contributed by atoms with van der Waals surface area (Å²) in [6, 6.07) is 7.36. The van der Waals surface area contributed by atoms with E-state index < -0.39 is 23.8 Å². The van der Waals surface area contributed by atoms with Crippen molar-refractivity contribution in [2.24, 2.45) is 5.73 Å². The lowest BCUT2D eigenvalue weighted by Gasteiger charge is -2.20. The summed E-state index contributed by atoms with van der Waals surface area (Å²) in [5.41, 5.74) is 4.63. The first-order chi connectivity index (χ1) is 12.8. The molecule has 0 bridgehead atoms. The van der Waals surface area contributed by atoms with Gasteiger partial charge in [0.05, 0.1) is 18.6 Å². The Balaban J connectivity index is 2.13. The number of aromatic nitrogens is 1. The van der Waals surface area contributed by atoms with E-state index in [-0.39, 0.29) is 5.69 Å². The molecule has 0 aliphatic carbocycles. The van der Waals surface area contributed by atoms with Crippen molar-refractivity contribution in [1.29, 1.82) is 0 Å². The maximum Gasteiger partial charge on any atom is 0.436 e. The first-order valence-corrected chi connectivity index (χ1v) is 7.75. The van der Waals surface area contributed by atoms with Crippen LogP contribution in [0.3, 0.4) is 0 Å². The van der Waals surface area contributed by atoms with E-state index in [1.54, 1.807) is 31.2 Å². The predicted molar refractivity (Wildman–Crippen MR) is 88.5 cm³/mol. The van der Waals surface area contributed by atoms with Crippen molar-refractivity contribution in [3.05, 3.63) is 48.4 Å². The molecule has 0 radical (unpaired) electrons. The van der Waals surface area contributed by atoms with Crippen LogP contribution in [-0.4, -0.2) is 17.8 Å². The lowest BCUT2D eigenvalue weighted by Crippen LogP contribution is -2.31. The molecule has 0 unspecified atom stereocenters. The lowest BCUT2D eigenvalue weighted by molar-refractivity contribution is -0.142. The zero-order valence-electron chi connectivity index (χ0n) is 14.0. The summed E-state index contributed by atoms with van der Waals surface area (Å²) in [5, 5.41) is 2.96. The SMILES string of the molecule is CCOc1ccc(N(C(N)=O)c2cc(C(F)(F)F)no2)c(-c2ccco2)c1. The highest BCUT2D eigenvalue weighted by Crippen LogP contribution is 2.39. The number of primary amides is 1. The van der Waals surface area contributed by atoms with Crippen LogP contribution in [0.25, 0.3) is 11.3 Å².